The van der Waals surface area contributed by atoms with E-state index >= 15 is 0 Å². The number of Topliss-reactive ketones (excluding diaryl/α,β-unsaturated/α-hetero) is 1. The molecular weight excluding hydrogens is 288 g/mol. The molecule has 116 valence electrons. The fraction of sp³-hybridized carbons (Fsp3) is 0.467. The smallest absolute Gasteiger partial charge is 0.269 e. The summed E-state index contributed by atoms with van der Waals surface area (Å²) in [5.41, 5.74) is -0.725. The van der Waals surface area contributed by atoms with Crippen LogP contribution in [0.25, 0.3) is 0 Å². The van der Waals surface area contributed by atoms with Crippen molar-refractivity contribution >= 4 is 23.1 Å². The van der Waals surface area contributed by atoms with Crippen molar-refractivity contribution in [3.05, 3.63) is 34.4 Å². The van der Waals surface area contributed by atoms with Crippen LogP contribution in [0.5, 0.6) is 0 Å². The van der Waals surface area contributed by atoms with E-state index in [4.69, 9.17) is 0 Å². The summed E-state index contributed by atoms with van der Waals surface area (Å²) in [4.78, 5) is 36.3. The molecule has 1 heterocycles. The highest BCUT2D eigenvalue weighted by Gasteiger charge is 2.54. The Morgan fingerprint density at radius 3 is 2.45 bits per heavy atom. The van der Waals surface area contributed by atoms with Gasteiger partial charge in [-0.15, -0.1) is 0 Å². The second-order valence-corrected chi connectivity index (χ2v) is 5.83. The number of hydrogen-bond donors (Lipinski definition) is 1. The summed E-state index contributed by atoms with van der Waals surface area (Å²) in [6.45, 7) is 0. The molecule has 0 radical (unpaired) electrons. The molecule has 1 saturated carbocycles. The number of hydrogen-bond acceptors (Lipinski definition) is 5. The van der Waals surface area contributed by atoms with Gasteiger partial charge in [0, 0.05) is 24.2 Å². The van der Waals surface area contributed by atoms with Crippen LogP contribution in [0.15, 0.2) is 24.3 Å². The van der Waals surface area contributed by atoms with Gasteiger partial charge in [0.15, 0.2) is 0 Å². The molecule has 0 bridgehead atoms. The molecule has 2 atom stereocenters. The molecule has 1 N–H and O–H groups in total. The predicted octanol–water partition coefficient (Wildman–Crippen LogP) is 1.78. The van der Waals surface area contributed by atoms with Gasteiger partial charge in [-0.05, 0) is 37.8 Å². The molecule has 1 aromatic carbocycles. The topological polar surface area (TPSA) is 101 Å². The fourth-order valence-electron chi connectivity index (χ4n) is 3.42. The van der Waals surface area contributed by atoms with Crippen LogP contribution < -0.4 is 4.90 Å². The van der Waals surface area contributed by atoms with Crippen molar-refractivity contribution in [1.82, 2.24) is 0 Å². The lowest BCUT2D eigenvalue weighted by atomic mass is 9.76. The number of nitro benzene ring substituents is 1. The van der Waals surface area contributed by atoms with Crippen molar-refractivity contribution < 1.29 is 19.6 Å². The highest BCUT2D eigenvalue weighted by molar-refractivity contribution is 6.14. The van der Waals surface area contributed by atoms with E-state index in [1.54, 1.807) is 0 Å². The third-order valence-corrected chi connectivity index (χ3v) is 4.64. The van der Waals surface area contributed by atoms with Crippen molar-refractivity contribution in [2.45, 2.75) is 38.3 Å². The number of anilines is 1. The Bertz CT molecular complexity index is 642. The lowest BCUT2D eigenvalue weighted by molar-refractivity contribution is -0.384. The van der Waals surface area contributed by atoms with Crippen molar-refractivity contribution in [1.29, 1.82) is 0 Å². The van der Waals surface area contributed by atoms with Gasteiger partial charge in [-0.2, -0.15) is 0 Å². The Balaban J connectivity index is 1.95. The number of piperidine rings is 1. The maximum absolute atomic E-state index is 12.8. The zero-order valence-corrected chi connectivity index (χ0v) is 11.9. The summed E-state index contributed by atoms with van der Waals surface area (Å²) in [5.74, 6) is -0.445. The maximum atomic E-state index is 12.8. The van der Waals surface area contributed by atoms with Gasteiger partial charge in [-0.25, -0.2) is 0 Å². The first-order valence-corrected chi connectivity index (χ1v) is 7.25. The largest absolute Gasteiger partial charge is 0.373 e. The monoisotopic (exact) mass is 304 g/mol. The molecule has 1 aliphatic heterocycles. The summed E-state index contributed by atoms with van der Waals surface area (Å²) in [6, 6.07) is 5.43. The highest BCUT2D eigenvalue weighted by Crippen LogP contribution is 2.45. The minimum atomic E-state index is -1.01. The third-order valence-electron chi connectivity index (χ3n) is 4.64. The molecule has 7 heteroatoms. The number of ketones is 1. The van der Waals surface area contributed by atoms with E-state index in [9.17, 15) is 24.8 Å². The average molecular weight is 304 g/mol. The van der Waals surface area contributed by atoms with Gasteiger partial charge < -0.3 is 5.11 Å². The van der Waals surface area contributed by atoms with Crippen molar-refractivity contribution in [2.24, 2.45) is 5.41 Å². The van der Waals surface area contributed by atoms with Crippen molar-refractivity contribution in [3.63, 3.8) is 0 Å². The summed E-state index contributed by atoms with van der Waals surface area (Å²) in [6.07, 6.45) is 1.29. The fourth-order valence-corrected chi connectivity index (χ4v) is 3.42. The molecule has 0 aromatic heterocycles. The number of amides is 1. The number of rotatable bonds is 2. The zero-order chi connectivity index (χ0) is 15.9. The second kappa shape index (κ2) is 5.17. The van der Waals surface area contributed by atoms with Crippen LogP contribution >= 0.6 is 0 Å². The van der Waals surface area contributed by atoms with Crippen LogP contribution in [0.2, 0.25) is 0 Å². The molecule has 1 amide bonds. The predicted molar refractivity (Wildman–Crippen MR) is 77.1 cm³/mol. The molecule has 1 saturated heterocycles. The number of benzene rings is 1. The van der Waals surface area contributed by atoms with Gasteiger partial charge in [-0.1, -0.05) is 0 Å². The first-order valence-electron chi connectivity index (χ1n) is 7.25. The summed E-state index contributed by atoms with van der Waals surface area (Å²) in [5, 5.41) is 20.9. The van der Waals surface area contributed by atoms with E-state index in [1.807, 2.05) is 0 Å². The van der Waals surface area contributed by atoms with Crippen LogP contribution in [0.1, 0.15) is 32.1 Å². The molecule has 7 nitrogen and oxygen atoms in total. The van der Waals surface area contributed by atoms with Crippen LogP contribution in [-0.2, 0) is 9.59 Å². The quantitative estimate of drug-likeness (QED) is 0.510. The molecule has 3 rings (SSSR count). The molecule has 2 fully saturated rings. The maximum Gasteiger partial charge on any atom is 0.269 e. The number of carbonyl (C=O) groups excluding carboxylic acids is 2. The first kappa shape index (κ1) is 14.6. The Labute approximate surface area is 126 Å². The molecule has 1 aliphatic carbocycles. The van der Waals surface area contributed by atoms with Crippen LogP contribution in [-0.4, -0.2) is 27.9 Å². The molecule has 1 aromatic rings. The molecule has 1 spiro atoms. The number of nitro groups is 1. The molecular formula is C15H16N2O5. The number of nitrogens with zero attached hydrogens (tertiary/aromatic N) is 2. The van der Waals surface area contributed by atoms with E-state index in [0.29, 0.717) is 37.8 Å². The van der Waals surface area contributed by atoms with E-state index in [0.717, 1.165) is 0 Å². The Morgan fingerprint density at radius 1 is 1.23 bits per heavy atom. The van der Waals surface area contributed by atoms with E-state index in [-0.39, 0.29) is 17.4 Å². The highest BCUT2D eigenvalue weighted by atomic mass is 16.6. The average Bonchev–Trinajstić information content (AvgIpc) is 2.86. The van der Waals surface area contributed by atoms with E-state index in [2.05, 4.69) is 0 Å². The number of aliphatic hydroxyl groups is 1. The minimum absolute atomic E-state index is 0.0590. The normalized spacial score (nSPS) is 28.4. The molecule has 1 unspecified atom stereocenters. The van der Waals surface area contributed by atoms with Gasteiger partial charge >= 0.3 is 0 Å². The van der Waals surface area contributed by atoms with Crippen LogP contribution in [0, 0.1) is 15.5 Å². The lowest BCUT2D eigenvalue weighted by Gasteiger charge is -2.41. The van der Waals surface area contributed by atoms with Gasteiger partial charge in [0.25, 0.3) is 5.69 Å². The molecule has 22 heavy (non-hydrogen) atoms. The Morgan fingerprint density at radius 2 is 1.91 bits per heavy atom. The second-order valence-electron chi connectivity index (χ2n) is 5.83. The molecule has 2 aliphatic rings. The lowest BCUT2D eigenvalue weighted by Crippen LogP contribution is -2.55. The summed E-state index contributed by atoms with van der Waals surface area (Å²) < 4.78 is 0. The van der Waals surface area contributed by atoms with Gasteiger partial charge in [0.2, 0.25) is 5.91 Å². The SMILES string of the molecule is O=C1CCC[C@@]12CCC(O)N(c1ccc([N+](=O)[O-])cc1)C2=O. The van der Waals surface area contributed by atoms with Crippen LogP contribution in [0.3, 0.4) is 0 Å². The van der Waals surface area contributed by atoms with Crippen LogP contribution in [0.4, 0.5) is 11.4 Å². The van der Waals surface area contributed by atoms with Crippen molar-refractivity contribution in [3.8, 4) is 0 Å². The van der Waals surface area contributed by atoms with Gasteiger partial charge in [0.05, 0.1) is 4.92 Å². The first-order chi connectivity index (χ1) is 10.5. The summed E-state index contributed by atoms with van der Waals surface area (Å²) in [7, 11) is 0. The number of carbonyl (C=O) groups is 2. The van der Waals surface area contributed by atoms with Crippen molar-refractivity contribution in [2.75, 3.05) is 4.90 Å². The minimum Gasteiger partial charge on any atom is -0.373 e. The Hall–Kier alpha value is -2.28. The third kappa shape index (κ3) is 2.09. The number of non-ortho nitro benzene ring substituents is 1. The van der Waals surface area contributed by atoms with E-state index in [1.165, 1.54) is 29.2 Å². The zero-order valence-electron chi connectivity index (χ0n) is 11.9. The standard InChI is InChI=1S/C15H16N2O5/c18-12-2-1-8-15(12)9-7-13(19)16(14(15)20)10-3-5-11(6-4-10)17(21)22/h3-6,13,19H,1-2,7-9H2/t13?,15-/m1/s1. The van der Waals surface area contributed by atoms with Gasteiger partial charge in [-0.3, -0.25) is 24.6 Å². The Kier molecular flexibility index (Phi) is 3.44. The van der Waals surface area contributed by atoms with E-state index < -0.39 is 16.6 Å². The summed E-state index contributed by atoms with van der Waals surface area (Å²) >= 11 is 0. The van der Waals surface area contributed by atoms with Gasteiger partial charge in [0.1, 0.15) is 17.4 Å². The number of aliphatic hydroxyl groups excluding tert-OH is 1.